The third kappa shape index (κ3) is 4.09. The molecule has 0 saturated heterocycles. The summed E-state index contributed by atoms with van der Waals surface area (Å²) in [5.41, 5.74) is 1.03. The molecule has 3 aromatic rings. The number of fused-ring (bicyclic) bond motifs is 1. The third-order valence-electron chi connectivity index (χ3n) is 4.17. The van der Waals surface area contributed by atoms with E-state index in [4.69, 9.17) is 9.47 Å². The minimum atomic E-state index is -0.990. The monoisotopic (exact) mass is 465 g/mol. The zero-order valence-electron chi connectivity index (χ0n) is 15.1. The fourth-order valence-corrected chi connectivity index (χ4v) is 4.27. The Kier molecular flexibility index (Phi) is 6.43. The van der Waals surface area contributed by atoms with Crippen LogP contribution in [0.1, 0.15) is 26.8 Å². The van der Waals surface area contributed by atoms with Crippen molar-refractivity contribution >= 4 is 49.2 Å². The molecule has 0 aliphatic heterocycles. The van der Waals surface area contributed by atoms with Crippen molar-refractivity contribution in [3.8, 4) is 0 Å². The summed E-state index contributed by atoms with van der Waals surface area (Å²) in [6.07, 6.45) is 0. The molecule has 1 aromatic heterocycles. The Balaban J connectivity index is 2.00. The lowest BCUT2D eigenvalue weighted by molar-refractivity contribution is -0.143. The number of carbonyl (C=O) groups excluding carboxylic acids is 2. The Morgan fingerprint density at radius 3 is 2.54 bits per heavy atom. The largest absolute Gasteiger partial charge is 0.467 e. The second kappa shape index (κ2) is 8.81. The number of thiophene rings is 1. The van der Waals surface area contributed by atoms with E-state index in [0.29, 0.717) is 26.1 Å². The van der Waals surface area contributed by atoms with Gasteiger partial charge in [0.25, 0.3) is 5.91 Å². The number of halogens is 2. The van der Waals surface area contributed by atoms with Crippen LogP contribution in [0.15, 0.2) is 46.9 Å². The molecule has 2 aromatic carbocycles. The van der Waals surface area contributed by atoms with Gasteiger partial charge in [-0.1, -0.05) is 34.1 Å². The molecule has 0 spiro atoms. The highest BCUT2D eigenvalue weighted by Gasteiger charge is 2.27. The van der Waals surface area contributed by atoms with Crippen LogP contribution in [0.2, 0.25) is 0 Å². The fraction of sp³-hybridized carbons (Fsp3) is 0.200. The van der Waals surface area contributed by atoms with Crippen molar-refractivity contribution in [3.05, 3.63) is 68.8 Å². The molecule has 1 atom stereocenters. The number of hydrogen-bond donors (Lipinski definition) is 1. The molecule has 0 saturated carbocycles. The van der Waals surface area contributed by atoms with Crippen LogP contribution >= 0.6 is 27.3 Å². The standard InChI is InChI=1S/C20H17BrFNO4S/c1-26-10-13-16-14(22)4-3-5-15(16)28-18(13)19(24)23-17(20(25)27-2)11-6-8-12(21)9-7-11/h3-9,17H,10H2,1-2H3,(H,23,24). The summed E-state index contributed by atoms with van der Waals surface area (Å²) in [6, 6.07) is 10.6. The topological polar surface area (TPSA) is 64.6 Å². The van der Waals surface area contributed by atoms with E-state index in [0.717, 1.165) is 15.8 Å². The first-order valence-electron chi connectivity index (χ1n) is 8.29. The predicted octanol–water partition coefficient (Wildman–Crippen LogP) is 4.59. The quantitative estimate of drug-likeness (QED) is 0.540. The lowest BCUT2D eigenvalue weighted by Gasteiger charge is -2.17. The van der Waals surface area contributed by atoms with Gasteiger partial charge in [-0.25, -0.2) is 9.18 Å². The van der Waals surface area contributed by atoms with Crippen LogP contribution in [-0.2, 0) is 20.9 Å². The molecule has 0 fully saturated rings. The number of methoxy groups -OCH3 is 2. The Hall–Kier alpha value is -2.29. The molecule has 3 rings (SSSR count). The predicted molar refractivity (Wildman–Crippen MR) is 109 cm³/mol. The van der Waals surface area contributed by atoms with Crippen molar-refractivity contribution in [1.82, 2.24) is 5.32 Å². The molecule has 1 N–H and O–H groups in total. The molecule has 0 radical (unpaired) electrons. The van der Waals surface area contributed by atoms with Crippen molar-refractivity contribution in [1.29, 1.82) is 0 Å². The summed E-state index contributed by atoms with van der Waals surface area (Å²) < 4.78 is 25.8. The van der Waals surface area contributed by atoms with E-state index in [1.54, 1.807) is 36.4 Å². The van der Waals surface area contributed by atoms with Gasteiger partial charge in [0.15, 0.2) is 6.04 Å². The van der Waals surface area contributed by atoms with Crippen LogP contribution in [0, 0.1) is 5.82 Å². The first-order valence-corrected chi connectivity index (χ1v) is 9.90. The van der Waals surface area contributed by atoms with Gasteiger partial charge in [-0.2, -0.15) is 0 Å². The molecular weight excluding hydrogens is 449 g/mol. The molecule has 1 heterocycles. The van der Waals surface area contributed by atoms with Gasteiger partial charge in [0.1, 0.15) is 5.82 Å². The summed E-state index contributed by atoms with van der Waals surface area (Å²) >= 11 is 4.49. The first kappa shape index (κ1) is 20.4. The summed E-state index contributed by atoms with van der Waals surface area (Å²) in [5, 5.41) is 3.06. The lowest BCUT2D eigenvalue weighted by atomic mass is 10.1. The van der Waals surface area contributed by atoms with Gasteiger partial charge in [0.2, 0.25) is 0 Å². The maximum Gasteiger partial charge on any atom is 0.333 e. The second-order valence-electron chi connectivity index (χ2n) is 5.94. The number of esters is 1. The van der Waals surface area contributed by atoms with E-state index < -0.39 is 23.7 Å². The smallest absolute Gasteiger partial charge is 0.333 e. The average Bonchev–Trinajstić information content (AvgIpc) is 3.06. The second-order valence-corrected chi connectivity index (χ2v) is 7.90. The number of nitrogens with one attached hydrogen (secondary N) is 1. The van der Waals surface area contributed by atoms with Crippen LogP contribution in [0.25, 0.3) is 10.1 Å². The molecule has 146 valence electrons. The van der Waals surface area contributed by atoms with Crippen LogP contribution < -0.4 is 5.32 Å². The van der Waals surface area contributed by atoms with E-state index in [9.17, 15) is 14.0 Å². The number of ether oxygens (including phenoxy) is 2. The Morgan fingerprint density at radius 1 is 1.18 bits per heavy atom. The Labute approximate surface area is 173 Å². The van der Waals surface area contributed by atoms with Gasteiger partial charge in [-0.3, -0.25) is 4.79 Å². The summed E-state index contributed by atoms with van der Waals surface area (Å²) in [7, 11) is 2.73. The normalized spacial score (nSPS) is 12.0. The maximum absolute atomic E-state index is 14.3. The molecule has 1 amide bonds. The van der Waals surface area contributed by atoms with Gasteiger partial charge in [0, 0.05) is 27.2 Å². The highest BCUT2D eigenvalue weighted by Crippen LogP contribution is 2.34. The van der Waals surface area contributed by atoms with Crippen LogP contribution in [0.4, 0.5) is 4.39 Å². The van der Waals surface area contributed by atoms with Crippen molar-refractivity contribution in [3.63, 3.8) is 0 Å². The lowest BCUT2D eigenvalue weighted by Crippen LogP contribution is -2.34. The van der Waals surface area contributed by atoms with Gasteiger partial charge >= 0.3 is 5.97 Å². The number of rotatable bonds is 6. The Bertz CT molecular complexity index is 1020. The minimum absolute atomic E-state index is 0.0743. The maximum atomic E-state index is 14.3. The van der Waals surface area contributed by atoms with Crippen molar-refractivity contribution in [2.24, 2.45) is 0 Å². The number of benzene rings is 2. The van der Waals surface area contributed by atoms with Crippen molar-refractivity contribution in [2.75, 3.05) is 14.2 Å². The zero-order chi connectivity index (χ0) is 20.3. The van der Waals surface area contributed by atoms with Gasteiger partial charge in [-0.15, -0.1) is 11.3 Å². The van der Waals surface area contributed by atoms with Gasteiger partial charge < -0.3 is 14.8 Å². The molecular formula is C20H17BrFNO4S. The van der Waals surface area contributed by atoms with E-state index in [1.165, 1.54) is 20.3 Å². The summed E-state index contributed by atoms with van der Waals surface area (Å²) in [5.74, 6) is -1.51. The fourth-order valence-electron chi connectivity index (χ4n) is 2.88. The van der Waals surface area contributed by atoms with Gasteiger partial charge in [-0.05, 0) is 29.8 Å². The van der Waals surface area contributed by atoms with Gasteiger partial charge in [0.05, 0.1) is 18.6 Å². The van der Waals surface area contributed by atoms with Crippen LogP contribution in [0.3, 0.4) is 0 Å². The molecule has 5 nitrogen and oxygen atoms in total. The van der Waals surface area contributed by atoms with Crippen LogP contribution in [0.5, 0.6) is 0 Å². The van der Waals surface area contributed by atoms with Crippen LogP contribution in [-0.4, -0.2) is 26.1 Å². The molecule has 0 aliphatic rings. The summed E-state index contributed by atoms with van der Waals surface area (Å²) in [6.45, 7) is 0.0743. The highest BCUT2D eigenvalue weighted by molar-refractivity contribution is 9.10. The number of hydrogen-bond acceptors (Lipinski definition) is 5. The van der Waals surface area contributed by atoms with E-state index >= 15 is 0 Å². The molecule has 1 unspecified atom stereocenters. The number of amides is 1. The average molecular weight is 466 g/mol. The minimum Gasteiger partial charge on any atom is -0.467 e. The van der Waals surface area contributed by atoms with Crippen molar-refractivity contribution in [2.45, 2.75) is 12.6 Å². The highest BCUT2D eigenvalue weighted by atomic mass is 79.9. The Morgan fingerprint density at radius 2 is 1.89 bits per heavy atom. The first-order chi connectivity index (χ1) is 13.5. The zero-order valence-corrected chi connectivity index (χ0v) is 17.5. The van der Waals surface area contributed by atoms with E-state index in [1.807, 2.05) is 0 Å². The van der Waals surface area contributed by atoms with Crippen molar-refractivity contribution < 1.29 is 23.5 Å². The van der Waals surface area contributed by atoms with E-state index in [-0.39, 0.29) is 6.61 Å². The third-order valence-corrected chi connectivity index (χ3v) is 5.90. The van der Waals surface area contributed by atoms with E-state index in [2.05, 4.69) is 21.2 Å². The molecule has 28 heavy (non-hydrogen) atoms. The molecule has 8 heteroatoms. The molecule has 0 aliphatic carbocycles. The molecule has 0 bridgehead atoms. The summed E-state index contributed by atoms with van der Waals surface area (Å²) in [4.78, 5) is 25.6. The SMILES string of the molecule is COCc1c(C(=O)NC(C(=O)OC)c2ccc(Br)cc2)sc2cccc(F)c12. The number of carbonyl (C=O) groups is 2.